The number of ether oxygens (including phenoxy) is 1. The van der Waals surface area contributed by atoms with Crippen LogP contribution in [0.5, 0.6) is 5.88 Å². The Balaban J connectivity index is 2.02. The molecular weight excluding hydrogens is 473 g/mol. The summed E-state index contributed by atoms with van der Waals surface area (Å²) in [5, 5.41) is 19.9. The Morgan fingerprint density at radius 3 is 1.89 bits per heavy atom. The number of hydrogen-bond acceptors (Lipinski definition) is 7. The molecule has 2 aromatic heterocycles. The molecule has 0 spiro atoms. The van der Waals surface area contributed by atoms with Gasteiger partial charge in [-0.3, -0.25) is 9.97 Å². The second-order valence-electron chi connectivity index (χ2n) is 7.81. The first kappa shape index (κ1) is 22.5. The monoisotopic (exact) mass is 482 g/mol. The molecule has 0 amide bonds. The topological polar surface area (TPSA) is 117 Å². The van der Waals surface area contributed by atoms with Crippen LogP contribution in [0, 0.1) is 42.7 Å². The van der Waals surface area contributed by atoms with E-state index in [1.807, 2.05) is 12.1 Å². The van der Waals surface area contributed by atoms with Gasteiger partial charge in [0.05, 0.1) is 59.9 Å². The Labute approximate surface area is 200 Å². The van der Waals surface area contributed by atoms with Crippen LogP contribution in [0.25, 0.3) is 43.6 Å². The van der Waals surface area contributed by atoms with Gasteiger partial charge in [-0.25, -0.2) is 30.2 Å². The third-order valence-electron chi connectivity index (χ3n) is 5.79. The van der Waals surface area contributed by atoms with Gasteiger partial charge in [0, 0.05) is 40.6 Å². The molecule has 9 nitrogen and oxygen atoms in total. The fourth-order valence-electron chi connectivity index (χ4n) is 4.59. The predicted molar refractivity (Wildman–Crippen MR) is 116 cm³/mol. The van der Waals surface area contributed by atoms with E-state index in [9.17, 15) is 23.7 Å². The number of alkyl halides is 3. The zero-order valence-corrected chi connectivity index (χ0v) is 18.2. The average molecular weight is 482 g/mol. The summed E-state index contributed by atoms with van der Waals surface area (Å²) >= 11 is 0. The minimum atomic E-state index is -5.01. The third kappa shape index (κ3) is 3.29. The van der Waals surface area contributed by atoms with Gasteiger partial charge < -0.3 is 4.74 Å². The van der Waals surface area contributed by atoms with Gasteiger partial charge in [-0.2, -0.15) is 0 Å². The number of nitrogens with zero attached hydrogens (tertiary/aromatic N) is 8. The molecule has 0 radical (unpaired) electrons. The summed E-state index contributed by atoms with van der Waals surface area (Å²) in [6, 6.07) is 3.74. The van der Waals surface area contributed by atoms with E-state index >= 15 is 0 Å². The summed E-state index contributed by atoms with van der Waals surface area (Å²) in [6.45, 7) is 16.9. The number of rotatable bonds is 1. The molecule has 36 heavy (non-hydrogen) atoms. The molecule has 2 aliphatic rings. The highest BCUT2D eigenvalue weighted by Crippen LogP contribution is 2.38. The van der Waals surface area contributed by atoms with Gasteiger partial charge in [-0.1, -0.05) is 0 Å². The molecule has 0 saturated carbocycles. The zero-order chi connectivity index (χ0) is 25.8. The summed E-state index contributed by atoms with van der Waals surface area (Å²) in [5.41, 5.74) is 2.50. The lowest BCUT2D eigenvalue weighted by molar-refractivity contribution is -0.276. The van der Waals surface area contributed by atoms with Crippen LogP contribution >= 0.6 is 0 Å². The predicted octanol–water partition coefficient (Wildman–Crippen LogP) is 2.72. The standard InChI is InChI=1S/C24H9F3N8O/c1-10-8-32-13-4-11-19(16(7-29)31-3)21-12(18(15(6-28)30-2)20(11)22(13)34-10)5-14-23(21)35-17(9-33-14)36-24(25,26)27/h8-9H,4-5H2,1H3/b18-15-,19-16+. The van der Waals surface area contributed by atoms with Crippen LogP contribution < -0.4 is 15.2 Å². The molecule has 2 aliphatic carbocycles. The first-order valence-corrected chi connectivity index (χ1v) is 10.2. The lowest BCUT2D eigenvalue weighted by atomic mass is 9.92. The number of halogens is 3. The van der Waals surface area contributed by atoms with Crippen molar-refractivity contribution in [2.75, 3.05) is 0 Å². The third-order valence-corrected chi connectivity index (χ3v) is 5.79. The Kier molecular flexibility index (Phi) is 4.91. The maximum Gasteiger partial charge on any atom is 0.574 e. The molecule has 0 bridgehead atoms. The minimum absolute atomic E-state index is 0.00552. The van der Waals surface area contributed by atoms with Gasteiger partial charge in [0.15, 0.2) is 0 Å². The second-order valence-corrected chi connectivity index (χ2v) is 7.81. The van der Waals surface area contributed by atoms with Gasteiger partial charge in [0.25, 0.3) is 11.4 Å². The smallest absolute Gasteiger partial charge is 0.386 e. The van der Waals surface area contributed by atoms with Crippen LogP contribution in [0.2, 0.25) is 0 Å². The van der Waals surface area contributed by atoms with Crippen LogP contribution in [-0.4, -0.2) is 26.3 Å². The van der Waals surface area contributed by atoms with Gasteiger partial charge >= 0.3 is 6.36 Å². The molecule has 172 valence electrons. The van der Waals surface area contributed by atoms with Crippen molar-refractivity contribution in [3.63, 3.8) is 0 Å². The number of fused-ring (bicyclic) bond motifs is 6. The Morgan fingerprint density at radius 2 is 1.42 bits per heavy atom. The van der Waals surface area contributed by atoms with Crippen LogP contribution in [0.15, 0.2) is 12.4 Å². The first-order chi connectivity index (χ1) is 17.2. The van der Waals surface area contributed by atoms with Crippen molar-refractivity contribution >= 4 is 11.4 Å². The van der Waals surface area contributed by atoms with E-state index < -0.39 is 12.2 Å². The summed E-state index contributed by atoms with van der Waals surface area (Å²) in [6.07, 6.45) is -2.51. The number of nitriles is 2. The lowest BCUT2D eigenvalue weighted by Crippen LogP contribution is -2.26. The molecule has 5 rings (SSSR count). The first-order valence-electron chi connectivity index (χ1n) is 10.2. The van der Waals surface area contributed by atoms with E-state index in [1.165, 1.54) is 0 Å². The molecule has 0 saturated heterocycles. The molecule has 1 aromatic carbocycles. The average Bonchev–Trinajstić information content (AvgIpc) is 3.38. The van der Waals surface area contributed by atoms with E-state index in [4.69, 9.17) is 13.1 Å². The zero-order valence-electron chi connectivity index (χ0n) is 18.2. The van der Waals surface area contributed by atoms with Gasteiger partial charge in [0.2, 0.25) is 5.88 Å². The molecule has 0 aliphatic heterocycles. The highest BCUT2D eigenvalue weighted by atomic mass is 19.4. The lowest BCUT2D eigenvalue weighted by Gasteiger charge is -2.13. The fraction of sp³-hybridized carbons (Fsp3) is 0.167. The molecule has 3 aromatic rings. The van der Waals surface area contributed by atoms with Crippen LogP contribution in [-0.2, 0) is 12.8 Å². The maximum absolute atomic E-state index is 12.9. The number of aromatic nitrogens is 4. The van der Waals surface area contributed by atoms with Crippen molar-refractivity contribution in [3.8, 4) is 40.5 Å². The van der Waals surface area contributed by atoms with Crippen LogP contribution in [0.4, 0.5) is 13.2 Å². The largest absolute Gasteiger partial charge is 0.574 e. The minimum Gasteiger partial charge on any atom is -0.386 e. The number of hydrogen-bond donors (Lipinski definition) is 0. The number of aryl methyl sites for hydroxylation is 1. The van der Waals surface area contributed by atoms with Crippen molar-refractivity contribution in [2.24, 2.45) is 0 Å². The van der Waals surface area contributed by atoms with Crippen LogP contribution in [0.1, 0.15) is 28.2 Å². The van der Waals surface area contributed by atoms with Gasteiger partial charge in [-0.05, 0) is 18.1 Å². The maximum atomic E-state index is 12.9. The van der Waals surface area contributed by atoms with E-state index in [-0.39, 0.29) is 51.6 Å². The highest BCUT2D eigenvalue weighted by molar-refractivity contribution is 5.90. The van der Waals surface area contributed by atoms with Crippen molar-refractivity contribution in [3.05, 3.63) is 73.9 Å². The van der Waals surface area contributed by atoms with E-state index in [2.05, 4.69) is 34.4 Å². The van der Waals surface area contributed by atoms with Crippen molar-refractivity contribution in [1.82, 2.24) is 19.9 Å². The highest BCUT2D eigenvalue weighted by Gasteiger charge is 2.36. The Bertz CT molecular complexity index is 1780. The normalized spacial score (nSPS) is 14.1. The molecule has 0 fully saturated rings. The van der Waals surface area contributed by atoms with Crippen molar-refractivity contribution in [1.29, 1.82) is 10.5 Å². The van der Waals surface area contributed by atoms with E-state index in [0.29, 0.717) is 33.8 Å². The van der Waals surface area contributed by atoms with Gasteiger partial charge in [0.1, 0.15) is 0 Å². The second kappa shape index (κ2) is 7.87. The summed E-state index contributed by atoms with van der Waals surface area (Å²) in [7, 11) is 0. The Hall–Kier alpha value is -5.33. The van der Waals surface area contributed by atoms with E-state index in [0.717, 1.165) is 6.20 Å². The molecule has 0 N–H and O–H groups in total. The van der Waals surface area contributed by atoms with Crippen LogP contribution in [0.3, 0.4) is 0 Å². The molecule has 2 heterocycles. The molecule has 12 heteroatoms. The van der Waals surface area contributed by atoms with E-state index in [1.54, 1.807) is 13.1 Å². The number of benzene rings is 1. The quantitative estimate of drug-likeness (QED) is 0.337. The molecular formula is C24H9F3N8O. The van der Waals surface area contributed by atoms with Crippen molar-refractivity contribution in [2.45, 2.75) is 26.1 Å². The molecule has 0 unspecified atom stereocenters. The SMILES string of the molecule is [C-]#[N+]/C(C#N)=c1/c2c(/c(=C(\C#N)[N+]#[C-])c3c1-c1nc(C)cnc1C3)-c1nc(OC(F)(F)F)cnc1C2. The van der Waals surface area contributed by atoms with Crippen molar-refractivity contribution < 1.29 is 17.9 Å². The Morgan fingerprint density at radius 1 is 0.917 bits per heavy atom. The summed E-state index contributed by atoms with van der Waals surface area (Å²) in [5.74, 6) is -0.819. The summed E-state index contributed by atoms with van der Waals surface area (Å²) in [4.78, 5) is 23.8. The van der Waals surface area contributed by atoms with Gasteiger partial charge in [-0.15, -0.1) is 13.2 Å². The summed E-state index contributed by atoms with van der Waals surface area (Å²) < 4.78 is 42.5. The molecule has 0 atom stereocenters. The fourth-order valence-corrected chi connectivity index (χ4v) is 4.59.